The lowest BCUT2D eigenvalue weighted by atomic mass is 9.94. The molecular weight excluding hydrogens is 684 g/mol. The normalized spacial score (nSPS) is 14.0. The van der Waals surface area contributed by atoms with E-state index in [-0.39, 0.29) is 38.2 Å². The fourth-order valence-electron chi connectivity index (χ4n) is 6.92. The summed E-state index contributed by atoms with van der Waals surface area (Å²) in [6, 6.07) is 25.7. The van der Waals surface area contributed by atoms with E-state index < -0.39 is 34.8 Å². The van der Waals surface area contributed by atoms with E-state index >= 15 is 0 Å². The minimum Gasteiger partial charge on any atom is -0.480 e. The molecule has 0 unspecified atom stereocenters. The summed E-state index contributed by atoms with van der Waals surface area (Å²) in [7, 11) is 0. The van der Waals surface area contributed by atoms with Crippen molar-refractivity contribution < 1.29 is 38.5 Å². The van der Waals surface area contributed by atoms with E-state index in [2.05, 4.69) is 22.5 Å². The molecule has 276 valence electrons. The summed E-state index contributed by atoms with van der Waals surface area (Å²) in [5.41, 5.74) is 3.60. The molecule has 0 radical (unpaired) electrons. The van der Waals surface area contributed by atoms with Gasteiger partial charge in [-0.2, -0.15) is 0 Å². The molecule has 2 aliphatic carbocycles. The number of esters is 1. The summed E-state index contributed by atoms with van der Waals surface area (Å²) in [6.45, 7) is 5.73. The molecule has 4 aromatic rings. The fourth-order valence-corrected chi connectivity index (χ4v) is 6.92. The van der Waals surface area contributed by atoms with Gasteiger partial charge in [-0.25, -0.2) is 9.59 Å². The highest BCUT2D eigenvalue weighted by molar-refractivity contribution is 6.02. The average molecular weight is 727 g/mol. The Bertz CT molecular complexity index is 2110. The van der Waals surface area contributed by atoms with Crippen LogP contribution in [0.5, 0.6) is 11.5 Å². The third-order valence-corrected chi connectivity index (χ3v) is 9.50. The van der Waals surface area contributed by atoms with Crippen molar-refractivity contribution in [1.29, 1.82) is 0 Å². The van der Waals surface area contributed by atoms with E-state index in [0.717, 1.165) is 33.4 Å². The number of fused-ring (bicyclic) bond motifs is 2. The van der Waals surface area contributed by atoms with Gasteiger partial charge in [-0.3, -0.25) is 9.59 Å². The van der Waals surface area contributed by atoms with Crippen LogP contribution in [0.1, 0.15) is 61.0 Å². The Morgan fingerprint density at radius 3 is 1.41 bits per heavy atom. The van der Waals surface area contributed by atoms with E-state index in [4.69, 9.17) is 27.1 Å². The van der Waals surface area contributed by atoms with Gasteiger partial charge in [0.1, 0.15) is 35.8 Å². The van der Waals surface area contributed by atoms with Crippen LogP contribution < -0.4 is 20.1 Å². The lowest BCUT2D eigenvalue weighted by Gasteiger charge is -2.28. The number of para-hydroxylation sites is 2. The molecule has 0 bridgehead atoms. The van der Waals surface area contributed by atoms with Crippen molar-refractivity contribution in [3.63, 3.8) is 0 Å². The quantitative estimate of drug-likeness (QED) is 0.142. The van der Waals surface area contributed by atoms with Gasteiger partial charge in [0, 0.05) is 25.7 Å². The Kier molecular flexibility index (Phi) is 12.1. The molecule has 0 aliphatic heterocycles. The van der Waals surface area contributed by atoms with Gasteiger partial charge in [-0.05, 0) is 66.3 Å². The molecule has 0 saturated carbocycles. The molecule has 2 aliphatic rings. The monoisotopic (exact) mass is 726 g/mol. The number of aliphatic carboxylic acids is 1. The Labute approximate surface area is 315 Å². The molecule has 2 amide bonds. The first-order valence-electron chi connectivity index (χ1n) is 17.5. The minimum absolute atomic E-state index is 0.0284. The first-order chi connectivity index (χ1) is 26.0. The number of rotatable bonds is 11. The van der Waals surface area contributed by atoms with Gasteiger partial charge in [0.25, 0.3) is 11.8 Å². The van der Waals surface area contributed by atoms with Crippen LogP contribution in [0.15, 0.2) is 84.9 Å². The standard InChI is InChI=1S/C23H23NO4.C21H19NO4/c1-4-13-28-20-16(3)9-8-12-19(20)21(25)24-23(22(26)27-5-2)14-17-10-6-7-11-18(17)15-23;1-3-11-26-18-14(2)7-6-10-17(18)19(23)22-21(20(24)25)12-15-8-4-5-9-16(15)13-21/h1,6-12H,5,13-15H2,2-3H3,(H,24,25);1,4-10H,11-13H2,2H3,(H,22,23)(H,24,25). The number of carboxylic acid groups (broad SMARTS) is 1. The second-order valence-electron chi connectivity index (χ2n) is 13.2. The van der Waals surface area contributed by atoms with Crippen LogP contribution in [0.4, 0.5) is 0 Å². The summed E-state index contributed by atoms with van der Waals surface area (Å²) in [5, 5.41) is 15.5. The van der Waals surface area contributed by atoms with Crippen LogP contribution in [0.25, 0.3) is 0 Å². The second-order valence-corrected chi connectivity index (χ2v) is 13.2. The molecule has 0 aromatic heterocycles. The summed E-state index contributed by atoms with van der Waals surface area (Å²) in [6.07, 6.45) is 11.8. The zero-order valence-electron chi connectivity index (χ0n) is 30.5. The number of carboxylic acids is 1. The number of carbonyl (C=O) groups is 4. The third-order valence-electron chi connectivity index (χ3n) is 9.50. The summed E-state index contributed by atoms with van der Waals surface area (Å²) >= 11 is 0. The third kappa shape index (κ3) is 8.24. The van der Waals surface area contributed by atoms with Crippen molar-refractivity contribution in [2.45, 2.75) is 57.5 Å². The van der Waals surface area contributed by atoms with Gasteiger partial charge in [0.15, 0.2) is 0 Å². The van der Waals surface area contributed by atoms with Crippen LogP contribution in [0, 0.1) is 38.5 Å². The number of carbonyl (C=O) groups excluding carboxylic acids is 3. The van der Waals surface area contributed by atoms with E-state index in [1.807, 2.05) is 61.5 Å². The molecule has 54 heavy (non-hydrogen) atoms. The van der Waals surface area contributed by atoms with Crippen molar-refractivity contribution in [2.24, 2.45) is 0 Å². The van der Waals surface area contributed by atoms with Crippen LogP contribution in [0.3, 0.4) is 0 Å². The number of aryl methyl sites for hydroxylation is 2. The molecule has 0 spiro atoms. The summed E-state index contributed by atoms with van der Waals surface area (Å²) in [5.74, 6) is 3.21. The highest BCUT2D eigenvalue weighted by Crippen LogP contribution is 2.34. The lowest BCUT2D eigenvalue weighted by Crippen LogP contribution is -2.56. The Hall–Kier alpha value is -6.52. The van der Waals surface area contributed by atoms with Gasteiger partial charge in [-0.15, -0.1) is 12.8 Å². The zero-order chi connectivity index (χ0) is 38.9. The highest BCUT2D eigenvalue weighted by atomic mass is 16.5. The maximum Gasteiger partial charge on any atom is 0.332 e. The van der Waals surface area contributed by atoms with E-state index in [0.29, 0.717) is 29.9 Å². The first kappa shape index (κ1) is 38.7. The van der Waals surface area contributed by atoms with Crippen molar-refractivity contribution in [3.8, 4) is 36.2 Å². The number of hydrogen-bond donors (Lipinski definition) is 3. The van der Waals surface area contributed by atoms with E-state index in [1.54, 1.807) is 44.2 Å². The largest absolute Gasteiger partial charge is 0.480 e. The average Bonchev–Trinajstić information content (AvgIpc) is 3.73. The second kappa shape index (κ2) is 16.9. The summed E-state index contributed by atoms with van der Waals surface area (Å²) < 4.78 is 16.4. The topological polar surface area (TPSA) is 140 Å². The van der Waals surface area contributed by atoms with Crippen LogP contribution in [-0.4, -0.2) is 59.8 Å². The molecule has 4 aromatic carbocycles. The lowest BCUT2D eigenvalue weighted by molar-refractivity contribution is -0.150. The molecular formula is C44H42N2O8. The smallest absolute Gasteiger partial charge is 0.332 e. The molecule has 0 saturated heterocycles. The zero-order valence-corrected chi connectivity index (χ0v) is 30.5. The summed E-state index contributed by atoms with van der Waals surface area (Å²) in [4.78, 5) is 50.9. The molecule has 3 N–H and O–H groups in total. The van der Waals surface area contributed by atoms with Gasteiger partial charge < -0.3 is 30.0 Å². The molecule has 0 heterocycles. The first-order valence-corrected chi connectivity index (χ1v) is 17.5. The molecule has 10 nitrogen and oxygen atoms in total. The maximum absolute atomic E-state index is 13.2. The van der Waals surface area contributed by atoms with Gasteiger partial charge >= 0.3 is 11.9 Å². The van der Waals surface area contributed by atoms with Crippen molar-refractivity contribution in [1.82, 2.24) is 10.6 Å². The molecule has 10 heteroatoms. The van der Waals surface area contributed by atoms with Crippen molar-refractivity contribution in [2.75, 3.05) is 19.8 Å². The molecule has 0 fully saturated rings. The maximum atomic E-state index is 13.2. The van der Waals surface area contributed by atoms with Crippen LogP contribution in [-0.2, 0) is 40.0 Å². The predicted octanol–water partition coefficient (Wildman–Crippen LogP) is 5.20. The number of nitrogens with one attached hydrogen (secondary N) is 2. The Morgan fingerprint density at radius 1 is 0.648 bits per heavy atom. The highest BCUT2D eigenvalue weighted by Gasteiger charge is 2.47. The Morgan fingerprint density at radius 2 is 1.04 bits per heavy atom. The van der Waals surface area contributed by atoms with Crippen LogP contribution in [0.2, 0.25) is 0 Å². The van der Waals surface area contributed by atoms with E-state index in [9.17, 15) is 24.3 Å². The number of terminal acetylenes is 2. The van der Waals surface area contributed by atoms with Crippen molar-refractivity contribution >= 4 is 23.8 Å². The number of ether oxygens (including phenoxy) is 3. The number of amides is 2. The molecule has 0 atom stereocenters. The number of benzene rings is 4. The fraction of sp³-hybridized carbons (Fsp3) is 0.273. The Balaban J connectivity index is 0.000000208. The number of hydrogen-bond acceptors (Lipinski definition) is 7. The van der Waals surface area contributed by atoms with E-state index in [1.165, 1.54) is 0 Å². The SMILES string of the molecule is C#CCOc1c(C)cccc1C(=O)NC1(C(=O)O)Cc2ccccc2C1.C#CCOc1c(C)cccc1C(=O)NC1(C(=O)OCC)Cc2ccccc2C1. The van der Waals surface area contributed by atoms with Gasteiger partial charge in [0.05, 0.1) is 17.7 Å². The van der Waals surface area contributed by atoms with Crippen molar-refractivity contribution in [3.05, 3.63) is 129 Å². The van der Waals surface area contributed by atoms with Crippen LogP contribution >= 0.6 is 0 Å². The molecule has 6 rings (SSSR count). The predicted molar refractivity (Wildman–Crippen MR) is 203 cm³/mol. The minimum atomic E-state index is -1.37. The van der Waals surface area contributed by atoms with Gasteiger partial charge in [0.2, 0.25) is 0 Å². The van der Waals surface area contributed by atoms with Gasteiger partial charge in [-0.1, -0.05) is 84.6 Å².